The molecule has 0 bridgehead atoms. The van der Waals surface area contributed by atoms with Gasteiger partial charge in [0.25, 0.3) is 0 Å². The molecule has 2 heterocycles. The summed E-state index contributed by atoms with van der Waals surface area (Å²) >= 11 is 3.49. The van der Waals surface area contributed by atoms with Crippen molar-refractivity contribution < 1.29 is 14.3 Å². The highest BCUT2D eigenvalue weighted by atomic mass is 79.9. The Hall–Kier alpha value is -2.38. The van der Waals surface area contributed by atoms with Crippen molar-refractivity contribution in [2.75, 3.05) is 33.3 Å². The minimum Gasteiger partial charge on any atom is -0.496 e. The number of rotatable bonds is 9. The van der Waals surface area contributed by atoms with Crippen molar-refractivity contribution in [3.63, 3.8) is 0 Å². The van der Waals surface area contributed by atoms with E-state index in [0.29, 0.717) is 12.5 Å². The summed E-state index contributed by atoms with van der Waals surface area (Å²) < 4.78 is 6.68. The first-order chi connectivity index (χ1) is 18.0. The van der Waals surface area contributed by atoms with Gasteiger partial charge in [0.1, 0.15) is 5.75 Å². The number of hydrogen-bond donors (Lipinski definition) is 1. The second-order valence-corrected chi connectivity index (χ2v) is 11.9. The van der Waals surface area contributed by atoms with Gasteiger partial charge >= 0.3 is 0 Å². The number of para-hydroxylation sites is 1. The van der Waals surface area contributed by atoms with Gasteiger partial charge in [0.15, 0.2) is 0 Å². The number of nitrogens with zero attached hydrogens (tertiary/aromatic N) is 2. The maximum absolute atomic E-state index is 13.4. The monoisotopic (exact) mass is 567 g/mol. The molecule has 1 N–H and O–H groups in total. The van der Waals surface area contributed by atoms with Crippen LogP contribution in [0.3, 0.4) is 0 Å². The van der Waals surface area contributed by atoms with E-state index in [1.165, 1.54) is 5.56 Å². The van der Waals surface area contributed by atoms with Gasteiger partial charge in [-0.1, -0.05) is 52.7 Å². The summed E-state index contributed by atoms with van der Waals surface area (Å²) in [6.45, 7) is 4.28. The van der Waals surface area contributed by atoms with E-state index in [4.69, 9.17) is 4.74 Å². The van der Waals surface area contributed by atoms with Crippen LogP contribution < -0.4 is 10.1 Å². The Bertz CT molecular complexity index is 1090. The number of nitrogens with one attached hydrogen (secondary N) is 1. The average Bonchev–Trinajstić information content (AvgIpc) is 3.17. The fourth-order valence-corrected chi connectivity index (χ4v) is 6.32. The highest BCUT2D eigenvalue weighted by Gasteiger charge is 2.47. The molecule has 3 aliphatic rings. The lowest BCUT2D eigenvalue weighted by molar-refractivity contribution is -0.139. The number of piperidine rings is 1. The maximum Gasteiger partial charge on any atom is 0.229 e. The van der Waals surface area contributed by atoms with Crippen molar-refractivity contribution >= 4 is 27.7 Å². The normalized spacial score (nSPS) is 20.6. The molecule has 1 aliphatic carbocycles. The summed E-state index contributed by atoms with van der Waals surface area (Å²) in [4.78, 5) is 30.8. The molecule has 2 aliphatic heterocycles. The van der Waals surface area contributed by atoms with Crippen LogP contribution in [-0.4, -0.2) is 54.9 Å². The van der Waals surface area contributed by atoms with Gasteiger partial charge in [-0.05, 0) is 75.4 Å². The Morgan fingerprint density at radius 1 is 1.08 bits per heavy atom. The summed E-state index contributed by atoms with van der Waals surface area (Å²) in [5.74, 6) is 1.47. The maximum atomic E-state index is 13.4. The molecule has 1 unspecified atom stereocenters. The zero-order valence-electron chi connectivity index (χ0n) is 21.8. The molecule has 1 atom stereocenters. The third-order valence-electron chi connectivity index (χ3n) is 8.74. The third-order valence-corrected chi connectivity index (χ3v) is 9.27. The molecule has 0 radical (unpaired) electrons. The first-order valence-corrected chi connectivity index (χ1v) is 14.5. The topological polar surface area (TPSA) is 61.9 Å². The Balaban J connectivity index is 1.17. The lowest BCUT2D eigenvalue weighted by Gasteiger charge is -2.38. The van der Waals surface area contributed by atoms with Gasteiger partial charge in [-0.25, -0.2) is 0 Å². The van der Waals surface area contributed by atoms with Crippen molar-refractivity contribution in [2.45, 2.75) is 57.5 Å². The molecule has 5 rings (SSSR count). The predicted octanol–water partition coefficient (Wildman–Crippen LogP) is 5.32. The molecule has 1 spiro atoms. The first kappa shape index (κ1) is 26.2. The standard InChI is InChI=1S/C30H38BrN3O3/c1-37-27-8-3-2-7-25(27)26(32-28(35)23-5-4-6-23)13-17-33-18-14-30(15-19-33)16-20-34(29(30)36)21-22-9-11-24(31)12-10-22/h2-3,7-12,23,26H,4-6,13-21H2,1H3,(H,32,35). The smallest absolute Gasteiger partial charge is 0.229 e. The van der Waals surface area contributed by atoms with E-state index in [2.05, 4.69) is 44.3 Å². The quantitative estimate of drug-likeness (QED) is 0.445. The average molecular weight is 569 g/mol. The number of benzene rings is 2. The van der Waals surface area contributed by atoms with Crippen LogP contribution in [0.15, 0.2) is 53.0 Å². The van der Waals surface area contributed by atoms with Crippen LogP contribution in [0.2, 0.25) is 0 Å². The van der Waals surface area contributed by atoms with Gasteiger partial charge in [0.2, 0.25) is 11.8 Å². The largest absolute Gasteiger partial charge is 0.496 e. The van der Waals surface area contributed by atoms with Crippen LogP contribution in [0.1, 0.15) is 62.1 Å². The molecule has 1 saturated carbocycles. The van der Waals surface area contributed by atoms with Gasteiger partial charge in [-0.3, -0.25) is 9.59 Å². The van der Waals surface area contributed by atoms with Crippen molar-refractivity contribution in [3.8, 4) is 5.75 Å². The molecule has 6 nitrogen and oxygen atoms in total. The van der Waals surface area contributed by atoms with Crippen molar-refractivity contribution in [1.82, 2.24) is 15.1 Å². The zero-order chi connectivity index (χ0) is 25.8. The van der Waals surface area contributed by atoms with Gasteiger partial charge in [0.05, 0.1) is 18.6 Å². The van der Waals surface area contributed by atoms with E-state index in [9.17, 15) is 9.59 Å². The van der Waals surface area contributed by atoms with Gasteiger partial charge in [-0.15, -0.1) is 0 Å². The predicted molar refractivity (Wildman–Crippen MR) is 148 cm³/mol. The van der Waals surface area contributed by atoms with Crippen LogP contribution in [0.5, 0.6) is 5.75 Å². The minimum absolute atomic E-state index is 0.0744. The number of carbonyl (C=O) groups excluding carboxylic acids is 2. The highest BCUT2D eigenvalue weighted by Crippen LogP contribution is 2.42. The molecule has 198 valence electrons. The molecular formula is C30H38BrN3O3. The Labute approximate surface area is 228 Å². The van der Waals surface area contributed by atoms with E-state index in [0.717, 1.165) is 86.9 Å². The van der Waals surface area contributed by atoms with Crippen molar-refractivity contribution in [1.29, 1.82) is 0 Å². The highest BCUT2D eigenvalue weighted by molar-refractivity contribution is 9.10. The fraction of sp³-hybridized carbons (Fsp3) is 0.533. The van der Waals surface area contributed by atoms with Crippen LogP contribution in [0, 0.1) is 11.3 Å². The molecule has 2 aromatic carbocycles. The third kappa shape index (κ3) is 5.88. The number of halogens is 1. The minimum atomic E-state index is -0.202. The number of hydrogen-bond acceptors (Lipinski definition) is 4. The number of methoxy groups -OCH3 is 1. The molecule has 37 heavy (non-hydrogen) atoms. The molecule has 7 heteroatoms. The van der Waals surface area contributed by atoms with Gasteiger partial charge in [0, 0.05) is 35.6 Å². The zero-order valence-corrected chi connectivity index (χ0v) is 23.3. The Morgan fingerprint density at radius 2 is 1.78 bits per heavy atom. The molecular weight excluding hydrogens is 530 g/mol. The molecule has 2 aromatic rings. The Morgan fingerprint density at radius 3 is 2.46 bits per heavy atom. The summed E-state index contributed by atoms with van der Waals surface area (Å²) in [7, 11) is 1.69. The molecule has 2 amide bonds. The van der Waals surface area contributed by atoms with Crippen molar-refractivity contribution in [2.24, 2.45) is 11.3 Å². The van der Waals surface area contributed by atoms with Crippen LogP contribution in [0.25, 0.3) is 0 Å². The van der Waals surface area contributed by atoms with Crippen molar-refractivity contribution in [3.05, 3.63) is 64.1 Å². The molecule has 0 aromatic heterocycles. The lowest BCUT2D eigenvalue weighted by atomic mass is 9.77. The summed E-state index contributed by atoms with van der Waals surface area (Å²) in [6.07, 6.45) is 6.74. The van der Waals surface area contributed by atoms with Crippen LogP contribution >= 0.6 is 15.9 Å². The van der Waals surface area contributed by atoms with Gasteiger partial charge < -0.3 is 19.9 Å². The summed E-state index contributed by atoms with van der Waals surface area (Å²) in [6, 6.07) is 16.2. The number of ether oxygens (including phenoxy) is 1. The van der Waals surface area contributed by atoms with Gasteiger partial charge in [-0.2, -0.15) is 0 Å². The van der Waals surface area contributed by atoms with Crippen LogP contribution in [-0.2, 0) is 16.1 Å². The van der Waals surface area contributed by atoms with E-state index in [-0.39, 0.29) is 23.3 Å². The van der Waals surface area contributed by atoms with E-state index < -0.39 is 0 Å². The van der Waals surface area contributed by atoms with E-state index in [1.807, 2.05) is 35.2 Å². The van der Waals surface area contributed by atoms with E-state index in [1.54, 1.807) is 7.11 Å². The number of carbonyl (C=O) groups is 2. The fourth-order valence-electron chi connectivity index (χ4n) is 6.05. The second-order valence-electron chi connectivity index (χ2n) is 10.9. The number of likely N-dealkylation sites (tertiary alicyclic amines) is 2. The Kier molecular flexibility index (Phi) is 8.20. The number of amides is 2. The van der Waals surface area contributed by atoms with Crippen LogP contribution in [0.4, 0.5) is 0 Å². The van der Waals surface area contributed by atoms with E-state index >= 15 is 0 Å². The summed E-state index contributed by atoms with van der Waals surface area (Å²) in [5, 5.41) is 3.33. The SMILES string of the molecule is COc1ccccc1C(CCN1CCC2(CC1)CCN(Cc1ccc(Br)cc1)C2=O)NC(=O)C1CCC1. The second kappa shape index (κ2) is 11.6. The lowest BCUT2D eigenvalue weighted by Crippen LogP contribution is -2.45. The molecule has 2 saturated heterocycles. The first-order valence-electron chi connectivity index (χ1n) is 13.7. The summed E-state index contributed by atoms with van der Waals surface area (Å²) in [5.41, 5.74) is 2.02. The molecule has 3 fully saturated rings.